The molecule has 0 unspecified atom stereocenters. The van der Waals surface area contributed by atoms with Gasteiger partial charge in [-0.3, -0.25) is 0 Å². The van der Waals surface area contributed by atoms with Crippen molar-refractivity contribution in [2.45, 2.75) is 38.0 Å². The van der Waals surface area contributed by atoms with Gasteiger partial charge in [0.25, 0.3) is 5.95 Å². The van der Waals surface area contributed by atoms with Crippen LogP contribution < -0.4 is 4.74 Å². The standard InChI is InChI=1S/C20H20F6O3/c1-18(2,12-6-8-16(28-3)15(10-12)20(24,25)26)11-5-7-13(17(27)29-4)14(9-11)19(21,22)23/h5-6,8-10,27H,7H2,1-4H3. The molecule has 0 spiro atoms. The van der Waals surface area contributed by atoms with E-state index in [0.717, 1.165) is 32.4 Å². The SMILES string of the molecule is COC(O)=C1CC=C(C(C)(C)c2ccc(OC)c(C(F)(F)F)c2)C=C1C(F)(F)F. The zero-order valence-electron chi connectivity index (χ0n) is 16.1. The summed E-state index contributed by atoms with van der Waals surface area (Å²) in [6.45, 7) is 3.05. The van der Waals surface area contributed by atoms with E-state index in [1.807, 2.05) is 0 Å². The minimum Gasteiger partial charge on any atom is -0.496 e. The Morgan fingerprint density at radius 1 is 1.00 bits per heavy atom. The van der Waals surface area contributed by atoms with Crippen molar-refractivity contribution < 1.29 is 40.9 Å². The van der Waals surface area contributed by atoms with Gasteiger partial charge in [0, 0.05) is 11.0 Å². The molecule has 0 bridgehead atoms. The normalized spacial score (nSPS) is 17.4. The van der Waals surface area contributed by atoms with Crippen LogP contribution in [0.5, 0.6) is 5.75 Å². The molecule has 0 atom stereocenters. The van der Waals surface area contributed by atoms with Crippen LogP contribution in [0.15, 0.2) is 53.0 Å². The molecule has 0 radical (unpaired) electrons. The molecule has 9 heteroatoms. The second-order valence-corrected chi connectivity index (χ2v) is 6.95. The summed E-state index contributed by atoms with van der Waals surface area (Å²) in [5.74, 6) is -1.23. The Kier molecular flexibility index (Phi) is 6.02. The lowest BCUT2D eigenvalue weighted by Crippen LogP contribution is -2.25. The largest absolute Gasteiger partial charge is 0.496 e. The number of allylic oxidation sites excluding steroid dienone is 5. The van der Waals surface area contributed by atoms with Gasteiger partial charge in [0.15, 0.2) is 0 Å². The summed E-state index contributed by atoms with van der Waals surface area (Å²) in [6.07, 6.45) is -7.51. The summed E-state index contributed by atoms with van der Waals surface area (Å²) in [5.41, 5.74) is -3.41. The monoisotopic (exact) mass is 422 g/mol. The van der Waals surface area contributed by atoms with E-state index in [0.29, 0.717) is 0 Å². The molecule has 1 aliphatic rings. The summed E-state index contributed by atoms with van der Waals surface area (Å²) < 4.78 is 89.8. The molecule has 1 N–H and O–H groups in total. The molecule has 29 heavy (non-hydrogen) atoms. The molecule has 0 aromatic heterocycles. The third-order valence-corrected chi connectivity index (χ3v) is 4.86. The molecular weight excluding hydrogens is 402 g/mol. The summed E-state index contributed by atoms with van der Waals surface area (Å²) in [6, 6.07) is 3.40. The number of halogens is 6. The van der Waals surface area contributed by atoms with Gasteiger partial charge in [-0.05, 0) is 35.8 Å². The maximum atomic E-state index is 13.5. The number of hydrogen-bond acceptors (Lipinski definition) is 3. The Morgan fingerprint density at radius 3 is 2.10 bits per heavy atom. The third-order valence-electron chi connectivity index (χ3n) is 4.86. The molecule has 1 aromatic rings. The fourth-order valence-electron chi connectivity index (χ4n) is 3.12. The molecule has 160 valence electrons. The molecule has 0 aliphatic heterocycles. The zero-order chi connectivity index (χ0) is 22.2. The summed E-state index contributed by atoms with van der Waals surface area (Å²) in [7, 11) is 2.14. The second kappa shape index (κ2) is 7.68. The van der Waals surface area contributed by atoms with Gasteiger partial charge in [-0.25, -0.2) is 0 Å². The van der Waals surface area contributed by atoms with Crippen LogP contribution in [-0.2, 0) is 16.3 Å². The molecule has 3 nitrogen and oxygen atoms in total. The maximum Gasteiger partial charge on any atom is 0.419 e. The van der Waals surface area contributed by atoms with E-state index in [1.54, 1.807) is 0 Å². The van der Waals surface area contributed by atoms with Crippen molar-refractivity contribution in [3.8, 4) is 5.75 Å². The molecule has 0 amide bonds. The Hall–Kier alpha value is -2.58. The minimum absolute atomic E-state index is 0.163. The van der Waals surface area contributed by atoms with Crippen molar-refractivity contribution in [2.24, 2.45) is 0 Å². The topological polar surface area (TPSA) is 38.7 Å². The van der Waals surface area contributed by atoms with Crippen molar-refractivity contribution in [3.05, 3.63) is 64.1 Å². The fourth-order valence-corrected chi connectivity index (χ4v) is 3.12. The van der Waals surface area contributed by atoms with Crippen molar-refractivity contribution in [2.75, 3.05) is 14.2 Å². The Balaban J connectivity index is 2.60. The summed E-state index contributed by atoms with van der Waals surface area (Å²) in [5, 5.41) is 9.65. The minimum atomic E-state index is -4.78. The molecule has 0 fully saturated rings. The maximum absolute atomic E-state index is 13.5. The van der Waals surface area contributed by atoms with Crippen LogP contribution in [0.3, 0.4) is 0 Å². The number of ether oxygens (including phenoxy) is 2. The highest BCUT2D eigenvalue weighted by Crippen LogP contribution is 2.45. The number of benzene rings is 1. The van der Waals surface area contributed by atoms with Crippen molar-refractivity contribution in [1.29, 1.82) is 0 Å². The van der Waals surface area contributed by atoms with Crippen LogP contribution in [0.4, 0.5) is 26.3 Å². The first-order valence-corrected chi connectivity index (χ1v) is 8.45. The highest BCUT2D eigenvalue weighted by molar-refractivity contribution is 5.53. The summed E-state index contributed by atoms with van der Waals surface area (Å²) >= 11 is 0. The lowest BCUT2D eigenvalue weighted by atomic mass is 9.73. The Morgan fingerprint density at radius 2 is 1.62 bits per heavy atom. The Labute approximate surface area is 163 Å². The smallest absolute Gasteiger partial charge is 0.419 e. The Bertz CT molecular complexity index is 873. The van der Waals surface area contributed by atoms with Gasteiger partial charge < -0.3 is 14.6 Å². The van der Waals surface area contributed by atoms with Gasteiger partial charge in [-0.2, -0.15) is 26.3 Å². The molecule has 0 saturated heterocycles. The van der Waals surface area contributed by atoms with E-state index < -0.39 is 40.4 Å². The van der Waals surface area contributed by atoms with E-state index in [2.05, 4.69) is 4.74 Å². The van der Waals surface area contributed by atoms with Gasteiger partial charge in [0.1, 0.15) is 5.75 Å². The van der Waals surface area contributed by atoms with Gasteiger partial charge in [0.05, 0.1) is 25.4 Å². The van der Waals surface area contributed by atoms with Crippen molar-refractivity contribution in [3.63, 3.8) is 0 Å². The number of aliphatic hydroxyl groups excluding tert-OH is 1. The van der Waals surface area contributed by atoms with E-state index in [9.17, 15) is 31.4 Å². The average molecular weight is 422 g/mol. The second-order valence-electron chi connectivity index (χ2n) is 6.95. The number of alkyl halides is 6. The van der Waals surface area contributed by atoms with E-state index in [1.165, 1.54) is 26.0 Å². The van der Waals surface area contributed by atoms with Gasteiger partial charge in [-0.1, -0.05) is 26.0 Å². The van der Waals surface area contributed by atoms with Crippen molar-refractivity contribution in [1.82, 2.24) is 0 Å². The zero-order valence-corrected chi connectivity index (χ0v) is 16.1. The van der Waals surface area contributed by atoms with E-state index >= 15 is 0 Å². The molecule has 0 heterocycles. The third kappa shape index (κ3) is 4.54. The van der Waals surface area contributed by atoms with Crippen LogP contribution in [0.2, 0.25) is 0 Å². The number of hydrogen-bond donors (Lipinski definition) is 1. The predicted octanol–water partition coefficient (Wildman–Crippen LogP) is 6.23. The van der Waals surface area contributed by atoms with E-state index in [-0.39, 0.29) is 23.3 Å². The quantitative estimate of drug-likeness (QED) is 0.462. The molecular formula is C20H20F6O3. The van der Waals surface area contributed by atoms with Crippen LogP contribution in [0.25, 0.3) is 0 Å². The van der Waals surface area contributed by atoms with Gasteiger partial charge in [-0.15, -0.1) is 0 Å². The first-order chi connectivity index (χ1) is 13.2. The van der Waals surface area contributed by atoms with Gasteiger partial charge >= 0.3 is 12.4 Å². The van der Waals surface area contributed by atoms with E-state index in [4.69, 9.17) is 4.74 Å². The average Bonchev–Trinajstić information content (AvgIpc) is 2.64. The number of aliphatic hydroxyl groups is 1. The molecule has 1 aliphatic carbocycles. The summed E-state index contributed by atoms with van der Waals surface area (Å²) in [4.78, 5) is 0. The number of methoxy groups -OCH3 is 2. The first kappa shape index (κ1) is 22.7. The fraction of sp³-hybridized carbons (Fsp3) is 0.400. The highest BCUT2D eigenvalue weighted by Gasteiger charge is 2.41. The first-order valence-electron chi connectivity index (χ1n) is 8.45. The molecule has 2 rings (SSSR count). The van der Waals surface area contributed by atoms with Crippen LogP contribution in [-0.4, -0.2) is 25.5 Å². The van der Waals surface area contributed by atoms with Crippen LogP contribution >= 0.6 is 0 Å². The molecule has 1 aromatic carbocycles. The van der Waals surface area contributed by atoms with Crippen LogP contribution in [0.1, 0.15) is 31.4 Å². The predicted molar refractivity (Wildman–Crippen MR) is 94.5 cm³/mol. The highest BCUT2D eigenvalue weighted by atomic mass is 19.4. The van der Waals surface area contributed by atoms with Gasteiger partial charge in [0.2, 0.25) is 0 Å². The lowest BCUT2D eigenvalue weighted by molar-refractivity contribution is -0.138. The van der Waals surface area contributed by atoms with Crippen molar-refractivity contribution >= 4 is 0 Å². The molecule has 0 saturated carbocycles. The van der Waals surface area contributed by atoms with Crippen LogP contribution in [0, 0.1) is 0 Å². The number of rotatable bonds is 4. The lowest BCUT2D eigenvalue weighted by Gasteiger charge is -2.31.